The smallest absolute Gasteiger partial charge is 0.0126 e. The van der Waals surface area contributed by atoms with Gasteiger partial charge >= 0.3 is 0 Å². The second-order valence-corrected chi connectivity index (χ2v) is 43.9. The van der Waals surface area contributed by atoms with Crippen molar-refractivity contribution < 1.29 is 0 Å². The first-order valence-electron chi connectivity index (χ1n) is 40.6. The Balaban J connectivity index is 0.000000242. The molecule has 0 heteroatoms. The summed E-state index contributed by atoms with van der Waals surface area (Å²) in [5.74, 6) is 7.84. The molecule has 0 aliphatic heterocycles. The van der Waals surface area contributed by atoms with Gasteiger partial charge in [-0.15, -0.1) is 0 Å². The molecule has 546 valence electrons. The maximum atomic E-state index is 2.49. The van der Waals surface area contributed by atoms with Gasteiger partial charge in [0.05, 0.1) is 0 Å². The van der Waals surface area contributed by atoms with Crippen LogP contribution >= 0.6 is 0 Å². The molecule has 8 aliphatic carbocycles. The van der Waals surface area contributed by atoms with E-state index in [4.69, 9.17) is 0 Å². The van der Waals surface area contributed by atoms with Crippen LogP contribution < -0.4 is 0 Å². The predicted octanol–water partition coefficient (Wildman–Crippen LogP) is 31.1. The second-order valence-electron chi connectivity index (χ2n) is 43.9. The van der Waals surface area contributed by atoms with E-state index < -0.39 is 0 Å². The van der Waals surface area contributed by atoms with Crippen LogP contribution in [-0.2, 0) is 32.5 Å². The molecule has 11 rings (SSSR count). The first-order valence-corrected chi connectivity index (χ1v) is 40.6. The molecule has 3 aromatic rings. The van der Waals surface area contributed by atoms with E-state index in [1.165, 1.54) is 156 Å². The first kappa shape index (κ1) is 85.1. The van der Waals surface area contributed by atoms with Crippen LogP contribution in [0.1, 0.15) is 445 Å². The Kier molecular flexibility index (Phi) is 30.9. The predicted molar refractivity (Wildman–Crippen MR) is 430 cm³/mol. The minimum absolute atomic E-state index is 0.187. The fourth-order valence-electron chi connectivity index (χ4n) is 19.4. The molecule has 0 atom stereocenters. The molecule has 0 nitrogen and oxygen atoms in total. The zero-order valence-corrected chi connectivity index (χ0v) is 70.3. The van der Waals surface area contributed by atoms with Crippen LogP contribution in [0.5, 0.6) is 0 Å². The Morgan fingerprint density at radius 3 is 0.821 bits per heavy atom. The summed E-state index contributed by atoms with van der Waals surface area (Å²) in [5.41, 5.74) is 16.9. The Morgan fingerprint density at radius 1 is 0.316 bits per heavy atom. The minimum Gasteiger partial charge on any atom is -0.0628 e. The molecule has 0 amide bonds. The van der Waals surface area contributed by atoms with Gasteiger partial charge in [-0.05, 0) is 248 Å². The van der Waals surface area contributed by atoms with Crippen molar-refractivity contribution in [2.24, 2.45) is 62.6 Å². The lowest BCUT2D eigenvalue weighted by Crippen LogP contribution is -2.51. The maximum absolute atomic E-state index is 2.49. The fraction of sp³-hybridized carbons (Fsp3) is 0.811. The van der Waals surface area contributed by atoms with Crippen LogP contribution in [0, 0.1) is 62.6 Å². The average Bonchev–Trinajstić information content (AvgIpc) is 0.920. The van der Waals surface area contributed by atoms with Crippen LogP contribution in [-0.4, -0.2) is 0 Å². The quantitative estimate of drug-likeness (QED) is 0.245. The van der Waals surface area contributed by atoms with Gasteiger partial charge in [-0.25, -0.2) is 0 Å². The SMILES string of the molecule is CC(C)(C)C12CC3CC(CC(C3)C1)C2.CC(C)(C)C1CCCC1.CC(C)(C)C1CCCCC1.CC(C)(C)c1c(C2CCCCC2)cccc1C1CCCCC1.CC(C)(C)c1cccc(C(C)(C)C)c1C(C)(C)C.CC(C)(C)c1ccccc1C(C)(C)C.CC(C)CC(C)(C)C. The number of hydrogen-bond acceptors (Lipinski definition) is 0. The molecule has 3 aromatic carbocycles. The Hall–Kier alpha value is -2.34. The van der Waals surface area contributed by atoms with Gasteiger partial charge in [0, 0.05) is 0 Å². The van der Waals surface area contributed by atoms with Crippen molar-refractivity contribution >= 4 is 0 Å². The van der Waals surface area contributed by atoms with Gasteiger partial charge < -0.3 is 0 Å². The van der Waals surface area contributed by atoms with Crippen molar-refractivity contribution in [1.82, 2.24) is 0 Å². The molecule has 0 unspecified atom stereocenters. The molecule has 0 N–H and O–H groups in total. The average molecular weight is 1310 g/mol. The highest BCUT2D eigenvalue weighted by molar-refractivity contribution is 5.47. The van der Waals surface area contributed by atoms with Crippen molar-refractivity contribution in [3.05, 3.63) is 105 Å². The first-order chi connectivity index (χ1) is 43.3. The molecule has 8 saturated carbocycles. The van der Waals surface area contributed by atoms with E-state index in [0.717, 1.165) is 52.8 Å². The Morgan fingerprint density at radius 2 is 0.589 bits per heavy atom. The topological polar surface area (TPSA) is 0 Å². The Labute approximate surface area is 597 Å². The summed E-state index contributed by atoms with van der Waals surface area (Å²) in [6, 6.07) is 22.9. The van der Waals surface area contributed by atoms with Gasteiger partial charge in [-0.3, -0.25) is 0 Å². The summed E-state index contributed by atoms with van der Waals surface area (Å²) in [5, 5.41) is 0. The summed E-state index contributed by atoms with van der Waals surface area (Å²) >= 11 is 0. The third-order valence-electron chi connectivity index (χ3n) is 24.0. The largest absolute Gasteiger partial charge is 0.0628 e. The van der Waals surface area contributed by atoms with Gasteiger partial charge in [0.15, 0.2) is 0 Å². The molecule has 0 radical (unpaired) electrons. The van der Waals surface area contributed by atoms with Crippen LogP contribution in [0.3, 0.4) is 0 Å². The van der Waals surface area contributed by atoms with E-state index in [0.29, 0.717) is 21.7 Å². The molecule has 0 spiro atoms. The maximum Gasteiger partial charge on any atom is -0.0126 e. The zero-order chi connectivity index (χ0) is 72.2. The van der Waals surface area contributed by atoms with E-state index in [2.05, 4.69) is 282 Å². The van der Waals surface area contributed by atoms with Crippen molar-refractivity contribution in [2.75, 3.05) is 0 Å². The van der Waals surface area contributed by atoms with Crippen LogP contribution in [0.15, 0.2) is 60.7 Å². The molecule has 8 fully saturated rings. The molecule has 0 heterocycles. The molecule has 0 aromatic heterocycles. The van der Waals surface area contributed by atoms with Crippen LogP contribution in [0.25, 0.3) is 0 Å². The summed E-state index contributed by atoms with van der Waals surface area (Å²) in [7, 11) is 0. The molecular formula is C95H166. The molecule has 95 heavy (non-hydrogen) atoms. The van der Waals surface area contributed by atoms with Gasteiger partial charge in [0.2, 0.25) is 0 Å². The highest BCUT2D eigenvalue weighted by Crippen LogP contribution is 2.66. The third-order valence-corrected chi connectivity index (χ3v) is 24.0. The van der Waals surface area contributed by atoms with E-state index in [9.17, 15) is 0 Å². The lowest BCUT2D eigenvalue weighted by Gasteiger charge is -2.62. The summed E-state index contributed by atoms with van der Waals surface area (Å²) < 4.78 is 0. The number of benzene rings is 3. The van der Waals surface area contributed by atoms with Gasteiger partial charge in [0.1, 0.15) is 0 Å². The van der Waals surface area contributed by atoms with E-state index in [-0.39, 0.29) is 32.5 Å². The highest BCUT2D eigenvalue weighted by atomic mass is 14.6. The number of hydrogen-bond donors (Lipinski definition) is 0. The summed E-state index contributed by atoms with van der Waals surface area (Å²) in [4.78, 5) is 0. The lowest BCUT2D eigenvalue weighted by molar-refractivity contribution is -0.113. The van der Waals surface area contributed by atoms with Crippen molar-refractivity contribution in [3.8, 4) is 0 Å². The molecule has 8 aliphatic rings. The molecular weight excluding hydrogens is 1140 g/mol. The fourth-order valence-corrected chi connectivity index (χ4v) is 19.4. The van der Waals surface area contributed by atoms with Crippen LogP contribution in [0.2, 0.25) is 0 Å². The van der Waals surface area contributed by atoms with Crippen LogP contribution in [0.4, 0.5) is 0 Å². The van der Waals surface area contributed by atoms with E-state index in [1.54, 1.807) is 55.2 Å². The van der Waals surface area contributed by atoms with Crippen molar-refractivity contribution in [3.63, 3.8) is 0 Å². The highest BCUT2D eigenvalue weighted by Gasteiger charge is 2.55. The Bertz CT molecular complexity index is 2510. The van der Waals surface area contributed by atoms with Gasteiger partial charge in [-0.1, -0.05) is 353 Å². The van der Waals surface area contributed by atoms with Gasteiger partial charge in [-0.2, -0.15) is 0 Å². The van der Waals surface area contributed by atoms with Gasteiger partial charge in [0.25, 0.3) is 0 Å². The molecule has 0 saturated heterocycles. The summed E-state index contributed by atoms with van der Waals surface area (Å²) in [6.07, 6.45) is 38.3. The third kappa shape index (κ3) is 27.2. The normalized spacial score (nSPS) is 22.9. The summed E-state index contributed by atoms with van der Waals surface area (Å²) in [6.45, 7) is 74.9. The monoisotopic (exact) mass is 1310 g/mol. The minimum atomic E-state index is 0.187. The van der Waals surface area contributed by atoms with E-state index >= 15 is 0 Å². The molecule has 4 bridgehead atoms. The zero-order valence-electron chi connectivity index (χ0n) is 70.3. The van der Waals surface area contributed by atoms with Crippen molar-refractivity contribution in [2.45, 2.75) is 433 Å². The standard InChI is InChI=1S/C22H34.C18H30.C14H24.C14H22.C10H20.C9H18.C8H18/c1-22(2,3)21-19(17-11-6-4-7-12-17)15-10-16-20(21)18-13-8-5-9-14-18;1-16(2,3)13-11-10-12-14(17(4,5)6)15(13)18(7,8)9;1-13(2,3)14-7-10-4-11(8-14)6-12(5-10)9-14;1-13(2,3)11-9-7-8-10-12(11)14(4,5)6;1-10(2,3)9-7-5-4-6-8-9;1-9(2,3)8-6-4-5-7-8;1-7(2)6-8(3,4)5/h10,15-18H,4-9,11-14H2,1-3H3;10-12H,1-9H3;10-12H,4-9H2,1-3H3;7-10H,1-6H3;9H,4-8H2,1-3H3;8H,4-7H2,1-3H3;7H,6H2,1-5H3. The number of rotatable bonds is 3. The van der Waals surface area contributed by atoms with Crippen molar-refractivity contribution in [1.29, 1.82) is 0 Å². The second kappa shape index (κ2) is 34.6. The lowest BCUT2D eigenvalue weighted by atomic mass is 9.43. The van der Waals surface area contributed by atoms with E-state index in [1.807, 2.05) is 0 Å².